The van der Waals surface area contributed by atoms with Gasteiger partial charge < -0.3 is 10.2 Å². The molecule has 1 saturated carbocycles. The van der Waals surface area contributed by atoms with Gasteiger partial charge >= 0.3 is 0 Å². The maximum absolute atomic E-state index is 6.18. The van der Waals surface area contributed by atoms with Gasteiger partial charge in [-0.1, -0.05) is 25.4 Å². The second-order valence-corrected chi connectivity index (χ2v) is 6.18. The molecule has 1 fully saturated rings. The van der Waals surface area contributed by atoms with E-state index in [4.69, 9.17) is 11.6 Å². The molecule has 19 heavy (non-hydrogen) atoms. The van der Waals surface area contributed by atoms with Crippen LogP contribution in [0, 0.1) is 5.92 Å². The predicted molar refractivity (Wildman–Crippen MR) is 81.8 cm³/mol. The molecule has 2 rings (SSSR count). The molecule has 1 aromatic rings. The van der Waals surface area contributed by atoms with Crippen LogP contribution in [-0.4, -0.2) is 24.6 Å². The molecular formula is C15H24ClN3. The van der Waals surface area contributed by atoms with Crippen LogP contribution in [0.4, 0.5) is 5.82 Å². The maximum Gasteiger partial charge on any atom is 0.129 e. The molecule has 0 aliphatic heterocycles. The zero-order valence-corrected chi connectivity index (χ0v) is 12.9. The molecule has 1 aromatic heterocycles. The van der Waals surface area contributed by atoms with E-state index >= 15 is 0 Å². The van der Waals surface area contributed by atoms with Crippen molar-refractivity contribution in [2.75, 3.05) is 18.5 Å². The first-order valence-electron chi connectivity index (χ1n) is 7.17. The lowest BCUT2D eigenvalue weighted by atomic mass is 10.1. The minimum atomic E-state index is 0.690. The molecule has 0 radical (unpaired) electrons. The van der Waals surface area contributed by atoms with Gasteiger partial charge in [0.05, 0.1) is 5.02 Å². The van der Waals surface area contributed by atoms with E-state index in [1.165, 1.54) is 19.3 Å². The van der Waals surface area contributed by atoms with Crippen molar-refractivity contribution in [1.29, 1.82) is 0 Å². The molecule has 0 bridgehead atoms. The zero-order chi connectivity index (χ0) is 13.8. The Hall–Kier alpha value is -0.800. The van der Waals surface area contributed by atoms with E-state index in [0.29, 0.717) is 6.04 Å². The quantitative estimate of drug-likeness (QED) is 0.829. The first-order valence-corrected chi connectivity index (χ1v) is 7.55. The van der Waals surface area contributed by atoms with Gasteiger partial charge in [-0.15, -0.1) is 0 Å². The third-order valence-electron chi connectivity index (χ3n) is 3.52. The molecule has 106 valence electrons. The molecule has 0 atom stereocenters. The van der Waals surface area contributed by atoms with Crippen LogP contribution in [0.15, 0.2) is 12.3 Å². The average Bonchev–Trinajstić information content (AvgIpc) is 3.17. The molecule has 3 nitrogen and oxygen atoms in total. The van der Waals surface area contributed by atoms with E-state index < -0.39 is 0 Å². The largest absolute Gasteiger partial charge is 0.354 e. The van der Waals surface area contributed by atoms with Crippen molar-refractivity contribution in [1.82, 2.24) is 10.3 Å². The Bertz CT molecular complexity index is 416. The van der Waals surface area contributed by atoms with Crippen molar-refractivity contribution in [3.05, 3.63) is 22.8 Å². The Labute approximate surface area is 121 Å². The molecule has 1 heterocycles. The number of rotatable bonds is 7. The van der Waals surface area contributed by atoms with Gasteiger partial charge in [-0.25, -0.2) is 4.98 Å². The second-order valence-electron chi connectivity index (χ2n) is 5.77. The summed E-state index contributed by atoms with van der Waals surface area (Å²) >= 11 is 6.18. The molecular weight excluding hydrogens is 258 g/mol. The number of aromatic nitrogens is 1. The van der Waals surface area contributed by atoms with Crippen LogP contribution in [0.3, 0.4) is 0 Å². The maximum atomic E-state index is 6.18. The molecule has 1 aliphatic carbocycles. The van der Waals surface area contributed by atoms with Crippen LogP contribution >= 0.6 is 11.6 Å². The number of nitrogens with one attached hydrogen (secondary N) is 1. The molecule has 0 amide bonds. The van der Waals surface area contributed by atoms with E-state index in [1.807, 2.05) is 7.05 Å². The first kappa shape index (κ1) is 14.6. The summed E-state index contributed by atoms with van der Waals surface area (Å²) < 4.78 is 0. The van der Waals surface area contributed by atoms with Gasteiger partial charge in [0.15, 0.2) is 0 Å². The second kappa shape index (κ2) is 6.58. The summed E-state index contributed by atoms with van der Waals surface area (Å²) in [6.45, 7) is 6.42. The van der Waals surface area contributed by atoms with Crippen molar-refractivity contribution in [3.8, 4) is 0 Å². The number of nitrogens with zero attached hydrogens (tertiary/aromatic N) is 2. The van der Waals surface area contributed by atoms with Gasteiger partial charge in [0.1, 0.15) is 5.82 Å². The normalized spacial score (nSPS) is 15.0. The molecule has 1 aliphatic rings. The molecule has 0 aromatic carbocycles. The summed E-state index contributed by atoms with van der Waals surface area (Å²) in [5, 5.41) is 3.90. The van der Waals surface area contributed by atoms with Gasteiger partial charge in [0.2, 0.25) is 0 Å². The Morgan fingerprint density at radius 1 is 1.47 bits per heavy atom. The van der Waals surface area contributed by atoms with Crippen molar-refractivity contribution < 1.29 is 0 Å². The highest BCUT2D eigenvalue weighted by Crippen LogP contribution is 2.32. The number of hydrogen-bond acceptors (Lipinski definition) is 3. The van der Waals surface area contributed by atoms with Crippen molar-refractivity contribution >= 4 is 17.4 Å². The number of halogens is 1. The monoisotopic (exact) mass is 281 g/mol. The van der Waals surface area contributed by atoms with E-state index in [-0.39, 0.29) is 0 Å². The molecule has 4 heteroatoms. The van der Waals surface area contributed by atoms with Gasteiger partial charge in [-0.05, 0) is 43.9 Å². The smallest absolute Gasteiger partial charge is 0.129 e. The van der Waals surface area contributed by atoms with Gasteiger partial charge in [0.25, 0.3) is 0 Å². The van der Waals surface area contributed by atoms with E-state index in [0.717, 1.165) is 35.4 Å². The van der Waals surface area contributed by atoms with Gasteiger partial charge in [-0.2, -0.15) is 0 Å². The highest BCUT2D eigenvalue weighted by atomic mass is 35.5. The third-order valence-corrected chi connectivity index (χ3v) is 3.86. The van der Waals surface area contributed by atoms with Crippen LogP contribution in [0.5, 0.6) is 0 Å². The standard InChI is InChI=1S/C15H24ClN3/c1-11(2)6-7-19(13-4-5-13)15-8-12(9-17-3)14(16)10-18-15/h8,10-11,13,17H,4-7,9H2,1-3H3. The Kier molecular flexibility index (Phi) is 5.06. The Balaban J connectivity index is 2.14. The first-order chi connectivity index (χ1) is 9.11. The summed E-state index contributed by atoms with van der Waals surface area (Å²) in [5.74, 6) is 1.81. The van der Waals surface area contributed by atoms with Crippen molar-refractivity contribution in [2.45, 2.75) is 45.7 Å². The van der Waals surface area contributed by atoms with Crippen LogP contribution in [-0.2, 0) is 6.54 Å². The lowest BCUT2D eigenvalue weighted by Gasteiger charge is -2.25. The number of hydrogen-bond donors (Lipinski definition) is 1. The number of anilines is 1. The van der Waals surface area contributed by atoms with Crippen LogP contribution in [0.1, 0.15) is 38.7 Å². The molecule has 0 saturated heterocycles. The highest BCUT2D eigenvalue weighted by Gasteiger charge is 2.30. The Morgan fingerprint density at radius 3 is 2.79 bits per heavy atom. The molecule has 1 N–H and O–H groups in total. The summed E-state index contributed by atoms with van der Waals surface area (Å²) in [6.07, 6.45) is 5.59. The van der Waals surface area contributed by atoms with Crippen LogP contribution in [0.2, 0.25) is 5.02 Å². The van der Waals surface area contributed by atoms with Gasteiger partial charge in [-0.3, -0.25) is 0 Å². The molecule has 0 unspecified atom stereocenters. The SMILES string of the molecule is CNCc1cc(N(CCC(C)C)C2CC2)ncc1Cl. The summed E-state index contributed by atoms with van der Waals surface area (Å²) in [4.78, 5) is 6.98. The highest BCUT2D eigenvalue weighted by molar-refractivity contribution is 6.31. The average molecular weight is 282 g/mol. The third kappa shape index (κ3) is 4.08. The minimum Gasteiger partial charge on any atom is -0.354 e. The minimum absolute atomic E-state index is 0.690. The van der Waals surface area contributed by atoms with Crippen molar-refractivity contribution in [2.24, 2.45) is 5.92 Å². The fourth-order valence-electron chi connectivity index (χ4n) is 2.22. The lowest BCUT2D eigenvalue weighted by molar-refractivity contribution is 0.568. The van der Waals surface area contributed by atoms with Gasteiger partial charge in [0, 0.05) is 25.3 Å². The van der Waals surface area contributed by atoms with E-state index in [9.17, 15) is 0 Å². The van der Waals surface area contributed by atoms with E-state index in [1.54, 1.807) is 6.20 Å². The fourth-order valence-corrected chi connectivity index (χ4v) is 2.39. The summed E-state index contributed by atoms with van der Waals surface area (Å²) in [5.41, 5.74) is 1.13. The summed E-state index contributed by atoms with van der Waals surface area (Å²) in [6, 6.07) is 2.83. The molecule has 0 spiro atoms. The lowest BCUT2D eigenvalue weighted by Crippen LogP contribution is -2.28. The topological polar surface area (TPSA) is 28.2 Å². The fraction of sp³-hybridized carbons (Fsp3) is 0.667. The zero-order valence-electron chi connectivity index (χ0n) is 12.1. The van der Waals surface area contributed by atoms with Crippen molar-refractivity contribution in [3.63, 3.8) is 0 Å². The predicted octanol–water partition coefficient (Wildman–Crippen LogP) is 3.47. The van der Waals surface area contributed by atoms with E-state index in [2.05, 4.69) is 35.1 Å². The number of pyridine rings is 1. The van der Waals surface area contributed by atoms with Crippen LogP contribution in [0.25, 0.3) is 0 Å². The Morgan fingerprint density at radius 2 is 2.21 bits per heavy atom. The van der Waals surface area contributed by atoms with Crippen LogP contribution < -0.4 is 10.2 Å². The summed E-state index contributed by atoms with van der Waals surface area (Å²) in [7, 11) is 1.94.